The second kappa shape index (κ2) is 5.96. The molecule has 0 amide bonds. The van der Waals surface area contributed by atoms with Crippen molar-refractivity contribution in [3.05, 3.63) is 65.4 Å². The SMILES string of the molecule is CNC(c1ccc(SC)cc1)c1cc2cc(C)ccc2o1. The highest BCUT2D eigenvalue weighted by atomic mass is 32.2. The van der Waals surface area contributed by atoms with Gasteiger partial charge in [-0.1, -0.05) is 23.8 Å². The minimum Gasteiger partial charge on any atom is -0.459 e. The molecule has 108 valence electrons. The Morgan fingerprint density at radius 2 is 1.81 bits per heavy atom. The van der Waals surface area contributed by atoms with Crippen LogP contribution in [0.15, 0.2) is 57.8 Å². The van der Waals surface area contributed by atoms with Crippen molar-refractivity contribution in [1.29, 1.82) is 0 Å². The van der Waals surface area contributed by atoms with Crippen molar-refractivity contribution in [2.24, 2.45) is 0 Å². The van der Waals surface area contributed by atoms with Crippen LogP contribution < -0.4 is 5.32 Å². The molecule has 1 N–H and O–H groups in total. The molecular weight excluding hydrogens is 278 g/mol. The molecule has 3 rings (SSSR count). The average molecular weight is 297 g/mol. The minimum atomic E-state index is 0.0774. The van der Waals surface area contributed by atoms with Crippen LogP contribution in [0.2, 0.25) is 0 Å². The third-order valence-electron chi connectivity index (χ3n) is 3.71. The van der Waals surface area contributed by atoms with Gasteiger partial charge in [0.15, 0.2) is 0 Å². The zero-order chi connectivity index (χ0) is 14.8. The Morgan fingerprint density at radius 3 is 2.48 bits per heavy atom. The Hall–Kier alpha value is -1.71. The molecule has 0 saturated carbocycles. The Kier molecular flexibility index (Phi) is 4.04. The summed E-state index contributed by atoms with van der Waals surface area (Å²) in [5.41, 5.74) is 3.41. The molecule has 0 aliphatic rings. The molecule has 0 saturated heterocycles. The Morgan fingerprint density at radius 1 is 1.05 bits per heavy atom. The molecule has 0 spiro atoms. The molecule has 1 unspecified atom stereocenters. The summed E-state index contributed by atoms with van der Waals surface area (Å²) < 4.78 is 6.02. The topological polar surface area (TPSA) is 25.2 Å². The Labute approximate surface area is 129 Å². The van der Waals surface area contributed by atoms with Gasteiger partial charge in [0.05, 0.1) is 6.04 Å². The molecule has 2 nitrogen and oxygen atoms in total. The van der Waals surface area contributed by atoms with Gasteiger partial charge in [0, 0.05) is 10.3 Å². The summed E-state index contributed by atoms with van der Waals surface area (Å²) in [6.45, 7) is 2.10. The average Bonchev–Trinajstić information content (AvgIpc) is 2.91. The molecule has 1 heterocycles. The van der Waals surface area contributed by atoms with Crippen LogP contribution in [-0.2, 0) is 0 Å². The molecule has 0 fully saturated rings. The van der Waals surface area contributed by atoms with E-state index in [1.165, 1.54) is 16.0 Å². The summed E-state index contributed by atoms with van der Waals surface area (Å²) in [5.74, 6) is 0.954. The molecule has 0 aliphatic carbocycles. The number of rotatable bonds is 4. The fraction of sp³-hybridized carbons (Fsp3) is 0.222. The molecule has 2 aromatic carbocycles. The van der Waals surface area contributed by atoms with E-state index in [1.54, 1.807) is 11.8 Å². The third kappa shape index (κ3) is 2.85. The predicted octanol–water partition coefficient (Wildman–Crippen LogP) is 4.77. The van der Waals surface area contributed by atoms with Gasteiger partial charge in [0.1, 0.15) is 11.3 Å². The van der Waals surface area contributed by atoms with Gasteiger partial charge >= 0.3 is 0 Å². The highest BCUT2D eigenvalue weighted by Gasteiger charge is 2.16. The van der Waals surface area contributed by atoms with Gasteiger partial charge in [-0.15, -0.1) is 11.8 Å². The normalized spacial score (nSPS) is 12.7. The van der Waals surface area contributed by atoms with Crippen molar-refractivity contribution < 1.29 is 4.42 Å². The number of furan rings is 1. The van der Waals surface area contributed by atoms with Crippen LogP contribution in [0, 0.1) is 6.92 Å². The molecule has 0 aliphatic heterocycles. The van der Waals surface area contributed by atoms with Crippen LogP contribution in [-0.4, -0.2) is 13.3 Å². The number of thioether (sulfide) groups is 1. The molecular formula is C18H19NOS. The van der Waals surface area contributed by atoms with E-state index in [2.05, 4.69) is 61.0 Å². The maximum atomic E-state index is 6.02. The van der Waals surface area contributed by atoms with Gasteiger partial charge in [-0.3, -0.25) is 0 Å². The summed E-state index contributed by atoms with van der Waals surface area (Å²) in [5, 5.41) is 4.51. The van der Waals surface area contributed by atoms with Gasteiger partial charge in [0.25, 0.3) is 0 Å². The zero-order valence-electron chi connectivity index (χ0n) is 12.5. The first kappa shape index (κ1) is 14.2. The van der Waals surface area contributed by atoms with Gasteiger partial charge in [-0.05, 0) is 56.1 Å². The number of hydrogen-bond donors (Lipinski definition) is 1. The van der Waals surface area contributed by atoms with Crippen molar-refractivity contribution in [2.75, 3.05) is 13.3 Å². The van der Waals surface area contributed by atoms with Crippen LogP contribution in [0.5, 0.6) is 0 Å². The highest BCUT2D eigenvalue weighted by molar-refractivity contribution is 7.98. The smallest absolute Gasteiger partial charge is 0.134 e. The lowest BCUT2D eigenvalue weighted by atomic mass is 10.0. The summed E-state index contributed by atoms with van der Waals surface area (Å²) in [6, 6.07) is 17.1. The molecule has 1 aromatic heterocycles. The number of hydrogen-bond acceptors (Lipinski definition) is 3. The summed E-state index contributed by atoms with van der Waals surface area (Å²) >= 11 is 1.75. The van der Waals surface area contributed by atoms with Crippen molar-refractivity contribution >= 4 is 22.7 Å². The van der Waals surface area contributed by atoms with Crippen molar-refractivity contribution in [2.45, 2.75) is 17.9 Å². The van der Waals surface area contributed by atoms with E-state index in [9.17, 15) is 0 Å². The summed E-state index contributed by atoms with van der Waals surface area (Å²) in [7, 11) is 1.96. The molecule has 0 bridgehead atoms. The van der Waals surface area contributed by atoms with Gasteiger partial charge in [-0.2, -0.15) is 0 Å². The number of aryl methyl sites for hydroxylation is 1. The predicted molar refractivity (Wildman–Crippen MR) is 90.1 cm³/mol. The lowest BCUT2D eigenvalue weighted by molar-refractivity contribution is 0.491. The molecule has 0 radical (unpaired) electrons. The van der Waals surface area contributed by atoms with Gasteiger partial charge in [0.2, 0.25) is 0 Å². The van der Waals surface area contributed by atoms with E-state index in [1.807, 2.05) is 13.1 Å². The minimum absolute atomic E-state index is 0.0774. The lowest BCUT2D eigenvalue weighted by Crippen LogP contribution is -2.16. The summed E-state index contributed by atoms with van der Waals surface area (Å²) in [4.78, 5) is 1.27. The van der Waals surface area contributed by atoms with E-state index in [0.717, 1.165) is 16.7 Å². The Bertz CT molecular complexity index is 746. The second-order valence-corrected chi connectivity index (χ2v) is 6.06. The fourth-order valence-electron chi connectivity index (χ4n) is 2.60. The standard InChI is InChI=1S/C18H19NOS/c1-12-4-9-16-14(10-12)11-17(20-16)18(19-2)13-5-7-15(21-3)8-6-13/h4-11,18-19H,1-3H3. The first-order valence-corrected chi connectivity index (χ1v) is 8.25. The maximum Gasteiger partial charge on any atom is 0.134 e. The molecule has 3 heteroatoms. The van der Waals surface area contributed by atoms with Gasteiger partial charge in [-0.25, -0.2) is 0 Å². The van der Waals surface area contributed by atoms with Crippen molar-refractivity contribution in [1.82, 2.24) is 5.32 Å². The first-order chi connectivity index (χ1) is 10.2. The van der Waals surface area contributed by atoms with Gasteiger partial charge < -0.3 is 9.73 Å². The first-order valence-electron chi connectivity index (χ1n) is 7.02. The van der Waals surface area contributed by atoms with E-state index in [4.69, 9.17) is 4.42 Å². The zero-order valence-corrected chi connectivity index (χ0v) is 13.3. The van der Waals surface area contributed by atoms with Crippen LogP contribution >= 0.6 is 11.8 Å². The lowest BCUT2D eigenvalue weighted by Gasteiger charge is -2.14. The monoisotopic (exact) mass is 297 g/mol. The molecule has 1 atom stereocenters. The van der Waals surface area contributed by atoms with E-state index in [-0.39, 0.29) is 6.04 Å². The van der Waals surface area contributed by atoms with Crippen LogP contribution in [0.1, 0.15) is 22.9 Å². The second-order valence-electron chi connectivity index (χ2n) is 5.18. The van der Waals surface area contributed by atoms with E-state index >= 15 is 0 Å². The highest BCUT2D eigenvalue weighted by Crippen LogP contribution is 2.29. The molecule has 21 heavy (non-hydrogen) atoms. The van der Waals surface area contributed by atoms with Crippen molar-refractivity contribution in [3.8, 4) is 0 Å². The fourth-order valence-corrected chi connectivity index (χ4v) is 3.00. The quantitative estimate of drug-likeness (QED) is 0.702. The number of benzene rings is 2. The third-order valence-corrected chi connectivity index (χ3v) is 4.46. The van der Waals surface area contributed by atoms with E-state index in [0.29, 0.717) is 0 Å². The number of fused-ring (bicyclic) bond motifs is 1. The summed E-state index contributed by atoms with van der Waals surface area (Å²) in [6.07, 6.45) is 2.09. The van der Waals surface area contributed by atoms with Crippen LogP contribution in [0.3, 0.4) is 0 Å². The van der Waals surface area contributed by atoms with E-state index < -0.39 is 0 Å². The maximum absolute atomic E-state index is 6.02. The van der Waals surface area contributed by atoms with Crippen LogP contribution in [0.4, 0.5) is 0 Å². The number of nitrogens with one attached hydrogen (secondary N) is 1. The van der Waals surface area contributed by atoms with Crippen molar-refractivity contribution in [3.63, 3.8) is 0 Å². The Balaban J connectivity index is 2.00. The largest absolute Gasteiger partial charge is 0.459 e. The van der Waals surface area contributed by atoms with Crippen LogP contribution in [0.25, 0.3) is 11.0 Å². The molecule has 3 aromatic rings.